The number of halogens is 1. The van der Waals surface area contributed by atoms with Crippen LogP contribution in [0.3, 0.4) is 0 Å². The molecule has 2 aromatic rings. The van der Waals surface area contributed by atoms with Crippen LogP contribution in [0.2, 0.25) is 5.02 Å². The van der Waals surface area contributed by atoms with Gasteiger partial charge in [0.1, 0.15) is 0 Å². The Morgan fingerprint density at radius 3 is 2.56 bits per heavy atom. The van der Waals surface area contributed by atoms with Gasteiger partial charge in [-0.15, -0.1) is 0 Å². The van der Waals surface area contributed by atoms with Gasteiger partial charge in [-0.3, -0.25) is 4.98 Å². The van der Waals surface area contributed by atoms with Crippen molar-refractivity contribution in [2.75, 3.05) is 0 Å². The molecule has 1 aromatic heterocycles. The van der Waals surface area contributed by atoms with Crippen LogP contribution < -0.4 is 0 Å². The number of benzene rings is 1. The molecule has 0 bridgehead atoms. The lowest BCUT2D eigenvalue weighted by Gasteiger charge is -2.12. The first kappa shape index (κ1) is 12.0. The highest BCUT2D eigenvalue weighted by molar-refractivity contribution is 6.35. The largest absolute Gasteiger partial charge is 0.252 e. The molecule has 18 heavy (non-hydrogen) atoms. The van der Waals surface area contributed by atoms with Gasteiger partial charge in [-0.2, -0.15) is 0 Å². The van der Waals surface area contributed by atoms with E-state index < -0.39 is 0 Å². The van der Waals surface area contributed by atoms with Crippen LogP contribution in [-0.2, 0) is 0 Å². The Kier molecular flexibility index (Phi) is 3.03. The van der Waals surface area contributed by atoms with Gasteiger partial charge >= 0.3 is 0 Å². The molecule has 1 saturated carbocycles. The Morgan fingerprint density at radius 1 is 1.11 bits per heavy atom. The summed E-state index contributed by atoms with van der Waals surface area (Å²) in [5, 5.41) is 1.95. The van der Waals surface area contributed by atoms with E-state index in [0.717, 1.165) is 15.9 Å². The molecule has 94 valence electrons. The minimum Gasteiger partial charge on any atom is -0.252 e. The van der Waals surface area contributed by atoms with Gasteiger partial charge in [-0.1, -0.05) is 36.1 Å². The second-order valence-electron chi connectivity index (χ2n) is 5.49. The van der Waals surface area contributed by atoms with Crippen LogP contribution in [-0.4, -0.2) is 4.98 Å². The van der Waals surface area contributed by atoms with E-state index in [-0.39, 0.29) is 0 Å². The SMILES string of the molecule is Cc1cc(C)c2nc(C3CCCC3)cc(Cl)c2c1. The van der Waals surface area contributed by atoms with Crippen LogP contribution >= 0.6 is 11.6 Å². The number of rotatable bonds is 1. The maximum absolute atomic E-state index is 6.44. The maximum atomic E-state index is 6.44. The molecule has 0 amide bonds. The van der Waals surface area contributed by atoms with E-state index in [2.05, 4.69) is 32.0 Å². The first-order valence-electron chi connectivity index (χ1n) is 6.72. The van der Waals surface area contributed by atoms with Gasteiger partial charge in [0, 0.05) is 17.0 Å². The fraction of sp³-hybridized carbons (Fsp3) is 0.438. The minimum atomic E-state index is 0.618. The second kappa shape index (κ2) is 4.55. The average Bonchev–Trinajstić information content (AvgIpc) is 2.83. The van der Waals surface area contributed by atoms with Crippen LogP contribution in [0.15, 0.2) is 18.2 Å². The molecule has 1 aliphatic carbocycles. The summed E-state index contributed by atoms with van der Waals surface area (Å²) in [6, 6.07) is 6.40. The van der Waals surface area contributed by atoms with E-state index in [4.69, 9.17) is 16.6 Å². The predicted octanol–water partition coefficient (Wildman–Crippen LogP) is 5.16. The summed E-state index contributed by atoms with van der Waals surface area (Å²) in [5.41, 5.74) is 4.75. The summed E-state index contributed by atoms with van der Waals surface area (Å²) >= 11 is 6.44. The van der Waals surface area contributed by atoms with Gasteiger partial charge in [0.25, 0.3) is 0 Å². The lowest BCUT2D eigenvalue weighted by Crippen LogP contribution is -1.98. The molecule has 3 rings (SSSR count). The fourth-order valence-electron chi connectivity index (χ4n) is 3.09. The average molecular weight is 260 g/mol. The van der Waals surface area contributed by atoms with Crippen molar-refractivity contribution in [1.82, 2.24) is 4.98 Å². The van der Waals surface area contributed by atoms with Crippen LogP contribution in [0.1, 0.15) is 48.4 Å². The zero-order valence-electron chi connectivity index (χ0n) is 11.0. The summed E-state index contributed by atoms with van der Waals surface area (Å²) in [5.74, 6) is 0.618. The maximum Gasteiger partial charge on any atom is 0.0749 e. The topological polar surface area (TPSA) is 12.9 Å². The molecule has 2 heteroatoms. The van der Waals surface area contributed by atoms with Gasteiger partial charge in [-0.05, 0) is 44.4 Å². The second-order valence-corrected chi connectivity index (χ2v) is 5.90. The number of nitrogens with zero attached hydrogens (tertiary/aromatic N) is 1. The van der Waals surface area contributed by atoms with Crippen molar-refractivity contribution in [3.8, 4) is 0 Å². The first-order valence-corrected chi connectivity index (χ1v) is 7.10. The predicted molar refractivity (Wildman–Crippen MR) is 77.4 cm³/mol. The monoisotopic (exact) mass is 259 g/mol. The van der Waals surface area contributed by atoms with Gasteiger partial charge < -0.3 is 0 Å². The Bertz CT molecular complexity index is 598. The van der Waals surface area contributed by atoms with E-state index in [9.17, 15) is 0 Å². The van der Waals surface area contributed by atoms with Crippen LogP contribution in [0.4, 0.5) is 0 Å². The summed E-state index contributed by atoms with van der Waals surface area (Å²) in [7, 11) is 0. The molecular formula is C16H18ClN. The lowest BCUT2D eigenvalue weighted by atomic mass is 10.0. The van der Waals surface area contributed by atoms with E-state index >= 15 is 0 Å². The third kappa shape index (κ3) is 2.01. The Hall–Kier alpha value is -1.08. The third-order valence-corrected chi connectivity index (χ3v) is 4.30. The zero-order chi connectivity index (χ0) is 12.7. The molecule has 0 unspecified atom stereocenters. The number of hydrogen-bond acceptors (Lipinski definition) is 1. The molecule has 0 atom stereocenters. The molecule has 1 aromatic carbocycles. The van der Waals surface area contributed by atoms with Crippen LogP contribution in [0, 0.1) is 13.8 Å². The fourth-order valence-corrected chi connectivity index (χ4v) is 3.35. The smallest absolute Gasteiger partial charge is 0.0749 e. The highest BCUT2D eigenvalue weighted by atomic mass is 35.5. The number of aromatic nitrogens is 1. The standard InChI is InChI=1S/C16H18ClN/c1-10-7-11(2)16-13(8-10)14(17)9-15(18-16)12-5-3-4-6-12/h7-9,12H,3-6H2,1-2H3. The third-order valence-electron chi connectivity index (χ3n) is 3.99. The van der Waals surface area contributed by atoms with Gasteiger partial charge in [0.05, 0.1) is 10.5 Å². The quantitative estimate of drug-likeness (QED) is 0.689. The van der Waals surface area contributed by atoms with Crippen molar-refractivity contribution in [3.05, 3.63) is 40.0 Å². The van der Waals surface area contributed by atoms with E-state index in [1.807, 2.05) is 0 Å². The van der Waals surface area contributed by atoms with Gasteiger partial charge in [0.15, 0.2) is 0 Å². The molecule has 0 spiro atoms. The molecule has 0 aliphatic heterocycles. The van der Waals surface area contributed by atoms with Crippen molar-refractivity contribution in [1.29, 1.82) is 0 Å². The Morgan fingerprint density at radius 2 is 1.83 bits per heavy atom. The number of fused-ring (bicyclic) bond motifs is 1. The Balaban J connectivity index is 2.20. The van der Waals surface area contributed by atoms with Crippen molar-refractivity contribution < 1.29 is 0 Å². The molecule has 0 saturated heterocycles. The van der Waals surface area contributed by atoms with Crippen molar-refractivity contribution >= 4 is 22.5 Å². The highest BCUT2D eigenvalue weighted by Crippen LogP contribution is 2.36. The summed E-state index contributed by atoms with van der Waals surface area (Å²) in [6.45, 7) is 4.23. The van der Waals surface area contributed by atoms with Crippen LogP contribution in [0.5, 0.6) is 0 Å². The van der Waals surface area contributed by atoms with E-state index in [1.54, 1.807) is 0 Å². The van der Waals surface area contributed by atoms with Crippen molar-refractivity contribution in [2.45, 2.75) is 45.4 Å². The summed E-state index contributed by atoms with van der Waals surface area (Å²) < 4.78 is 0. The summed E-state index contributed by atoms with van der Waals surface area (Å²) in [4.78, 5) is 4.87. The first-order chi connectivity index (χ1) is 8.65. The van der Waals surface area contributed by atoms with E-state index in [1.165, 1.54) is 42.5 Å². The van der Waals surface area contributed by atoms with Gasteiger partial charge in [-0.25, -0.2) is 0 Å². The highest BCUT2D eigenvalue weighted by Gasteiger charge is 2.20. The minimum absolute atomic E-state index is 0.618. The molecule has 0 N–H and O–H groups in total. The van der Waals surface area contributed by atoms with E-state index in [0.29, 0.717) is 5.92 Å². The summed E-state index contributed by atoms with van der Waals surface area (Å²) in [6.07, 6.45) is 5.18. The molecule has 1 nitrogen and oxygen atoms in total. The van der Waals surface area contributed by atoms with Crippen molar-refractivity contribution in [2.24, 2.45) is 0 Å². The molecule has 0 radical (unpaired) electrons. The van der Waals surface area contributed by atoms with Crippen LogP contribution in [0.25, 0.3) is 10.9 Å². The molecule has 1 fully saturated rings. The number of aryl methyl sites for hydroxylation is 2. The zero-order valence-corrected chi connectivity index (χ0v) is 11.7. The molecule has 1 heterocycles. The normalized spacial score (nSPS) is 16.6. The molecule has 1 aliphatic rings. The molecular weight excluding hydrogens is 242 g/mol. The van der Waals surface area contributed by atoms with Gasteiger partial charge in [0.2, 0.25) is 0 Å². The lowest BCUT2D eigenvalue weighted by molar-refractivity contribution is 0.701. The number of pyridine rings is 1. The van der Waals surface area contributed by atoms with Crippen molar-refractivity contribution in [3.63, 3.8) is 0 Å². The number of hydrogen-bond donors (Lipinski definition) is 0. The Labute approximate surface area is 113 Å².